The molecule has 2 aromatic carbocycles. The van der Waals surface area contributed by atoms with Crippen molar-refractivity contribution in [2.75, 3.05) is 0 Å². The van der Waals surface area contributed by atoms with Crippen LogP contribution in [0.2, 0.25) is 0 Å². The zero-order chi connectivity index (χ0) is 34.4. The van der Waals surface area contributed by atoms with E-state index in [4.69, 9.17) is 0 Å². The highest BCUT2D eigenvalue weighted by Gasteiger charge is 2.53. The SMILES string of the molecule is O=S(=O)(c1nc2n(n1)[C@H](c1cccc(F)c1F)C[C@@H]2F)[C@@H]1C[C@H]1F.O=S(=O)(c1nc2n(n1)[C@H](c1cccc(F)c1F)C[C@@H]2F)[C@H]1C[C@@H]1F. The maximum Gasteiger partial charge on any atom is 0.267 e. The number of fused-ring (bicyclic) bond motifs is 2. The van der Waals surface area contributed by atoms with Crippen LogP contribution in [0.25, 0.3) is 0 Å². The second kappa shape index (κ2) is 11.3. The minimum atomic E-state index is -4.09. The monoisotopic (exact) mass is 722 g/mol. The van der Waals surface area contributed by atoms with Gasteiger partial charge >= 0.3 is 0 Å². The molecule has 4 heterocycles. The molecule has 0 bridgehead atoms. The minimum Gasteiger partial charge on any atom is -0.246 e. The van der Waals surface area contributed by atoms with Crippen LogP contribution in [0, 0.1) is 23.3 Å². The second-order valence-corrected chi connectivity index (χ2v) is 15.9. The molecule has 48 heavy (non-hydrogen) atoms. The van der Waals surface area contributed by atoms with E-state index in [0.29, 0.717) is 0 Å². The van der Waals surface area contributed by atoms with Gasteiger partial charge in [-0.15, -0.1) is 10.2 Å². The third kappa shape index (κ3) is 5.26. The number of halogens is 8. The first kappa shape index (κ1) is 32.6. The summed E-state index contributed by atoms with van der Waals surface area (Å²) in [5.41, 5.74) is -0.278. The van der Waals surface area contributed by atoms with Crippen molar-refractivity contribution < 1.29 is 52.0 Å². The number of sulfone groups is 2. The molecule has 8 atom stereocenters. The molecule has 0 radical (unpaired) electrons. The Hall–Kier alpha value is -3.94. The van der Waals surface area contributed by atoms with E-state index >= 15 is 0 Å². The maximum atomic E-state index is 14.2. The van der Waals surface area contributed by atoms with Gasteiger partial charge in [0.2, 0.25) is 19.7 Å². The van der Waals surface area contributed by atoms with Crippen molar-refractivity contribution in [2.45, 2.75) is 83.3 Å². The Balaban J connectivity index is 0.000000152. The van der Waals surface area contributed by atoms with Gasteiger partial charge in [0.25, 0.3) is 10.3 Å². The third-order valence-corrected chi connectivity index (χ3v) is 12.5. The normalized spacial score (nSPS) is 28.8. The van der Waals surface area contributed by atoms with E-state index in [-0.39, 0.29) is 48.5 Å². The first-order valence-corrected chi connectivity index (χ1v) is 17.5. The van der Waals surface area contributed by atoms with Gasteiger partial charge in [-0.05, 0) is 25.0 Å². The molecule has 0 spiro atoms. The first-order valence-electron chi connectivity index (χ1n) is 14.5. The molecular weight excluding hydrogens is 700 g/mol. The number of alkyl halides is 4. The molecular formula is C28H22F8N6O4S2. The van der Waals surface area contributed by atoms with E-state index in [1.807, 2.05) is 0 Å². The lowest BCUT2D eigenvalue weighted by Crippen LogP contribution is -2.15. The summed E-state index contributed by atoms with van der Waals surface area (Å²) < 4.78 is 160. The predicted octanol–water partition coefficient (Wildman–Crippen LogP) is 4.89. The smallest absolute Gasteiger partial charge is 0.246 e. The summed E-state index contributed by atoms with van der Waals surface area (Å²) >= 11 is 0. The van der Waals surface area contributed by atoms with Crippen LogP contribution in [0.1, 0.15) is 72.9 Å². The van der Waals surface area contributed by atoms with Gasteiger partial charge in [0.1, 0.15) is 22.8 Å². The summed E-state index contributed by atoms with van der Waals surface area (Å²) in [5, 5.41) is 3.73. The Morgan fingerprint density at radius 3 is 1.27 bits per heavy atom. The summed E-state index contributed by atoms with van der Waals surface area (Å²) in [6.07, 6.45) is -7.06. The third-order valence-electron chi connectivity index (χ3n) is 8.59. The molecule has 0 N–H and O–H groups in total. The lowest BCUT2D eigenvalue weighted by atomic mass is 10.0. The second-order valence-electron chi connectivity index (χ2n) is 11.8. The summed E-state index contributed by atoms with van der Waals surface area (Å²) in [5.74, 6) is -5.04. The van der Waals surface area contributed by atoms with Crippen molar-refractivity contribution >= 4 is 19.7 Å². The molecule has 8 rings (SSSR count). The maximum absolute atomic E-state index is 14.2. The molecule has 2 saturated carbocycles. The van der Waals surface area contributed by atoms with Crippen LogP contribution in [0.5, 0.6) is 0 Å². The molecule has 10 nitrogen and oxygen atoms in total. The summed E-state index contributed by atoms with van der Waals surface area (Å²) in [6, 6.07) is 4.92. The molecule has 0 unspecified atom stereocenters. The largest absolute Gasteiger partial charge is 0.267 e. The molecule has 0 saturated heterocycles. The first-order chi connectivity index (χ1) is 22.6. The van der Waals surface area contributed by atoms with Gasteiger partial charge in [-0.3, -0.25) is 0 Å². The highest BCUT2D eigenvalue weighted by Crippen LogP contribution is 2.44. The molecule has 2 aromatic heterocycles. The van der Waals surface area contributed by atoms with Gasteiger partial charge in [-0.1, -0.05) is 24.3 Å². The Labute approximate surface area is 266 Å². The van der Waals surface area contributed by atoms with E-state index in [1.165, 1.54) is 24.3 Å². The van der Waals surface area contributed by atoms with Crippen LogP contribution >= 0.6 is 0 Å². The van der Waals surface area contributed by atoms with E-state index in [9.17, 15) is 52.0 Å². The van der Waals surface area contributed by atoms with E-state index < -0.39 is 101 Å². The standard InChI is InChI=1S/2C14H11F4N3O2S/c2*15-7-3-1-2-6(12(7)18)10-4-9(17)13-19-14(20-21(10)13)24(22,23)11-5-8(11)16/h2*1-3,8-11H,4-5H2/t8-,9+,10+,11-;8-,9-,10-,11-/m10/s1. The highest BCUT2D eigenvalue weighted by atomic mass is 32.2. The lowest BCUT2D eigenvalue weighted by Gasteiger charge is -2.13. The van der Waals surface area contributed by atoms with Gasteiger partial charge in [0.05, 0.1) is 12.1 Å². The van der Waals surface area contributed by atoms with Crippen molar-refractivity contribution in [3.8, 4) is 0 Å². The average molecular weight is 723 g/mol. The summed E-state index contributed by atoms with van der Waals surface area (Å²) in [4.78, 5) is 7.35. The van der Waals surface area contributed by atoms with Crippen molar-refractivity contribution in [3.63, 3.8) is 0 Å². The fourth-order valence-electron chi connectivity index (χ4n) is 5.83. The predicted molar refractivity (Wildman–Crippen MR) is 147 cm³/mol. The van der Waals surface area contributed by atoms with Crippen LogP contribution in [0.4, 0.5) is 35.1 Å². The van der Waals surface area contributed by atoms with Gasteiger partial charge in [0, 0.05) is 24.0 Å². The Kier molecular flexibility index (Phi) is 7.68. The van der Waals surface area contributed by atoms with Crippen molar-refractivity contribution in [2.24, 2.45) is 0 Å². The average Bonchev–Trinajstić information content (AvgIpc) is 3.69. The molecule has 2 aliphatic heterocycles. The highest BCUT2D eigenvalue weighted by molar-refractivity contribution is 7.92. The topological polar surface area (TPSA) is 130 Å². The van der Waals surface area contributed by atoms with Crippen molar-refractivity contribution in [1.29, 1.82) is 0 Å². The Morgan fingerprint density at radius 1 is 0.583 bits per heavy atom. The lowest BCUT2D eigenvalue weighted by molar-refractivity contribution is 0.324. The number of benzene rings is 2. The molecule has 256 valence electrons. The number of hydrogen-bond acceptors (Lipinski definition) is 8. The van der Waals surface area contributed by atoms with Crippen LogP contribution < -0.4 is 0 Å². The van der Waals surface area contributed by atoms with Gasteiger partial charge in [-0.2, -0.15) is 9.97 Å². The zero-order valence-electron chi connectivity index (χ0n) is 24.1. The number of hydrogen-bond donors (Lipinski definition) is 0. The Bertz CT molecular complexity index is 2010. The van der Waals surface area contributed by atoms with Gasteiger partial charge in [0.15, 0.2) is 47.3 Å². The number of rotatable bonds is 6. The molecule has 4 aromatic rings. The van der Waals surface area contributed by atoms with Crippen molar-refractivity contribution in [3.05, 3.63) is 82.4 Å². The van der Waals surface area contributed by atoms with Crippen LogP contribution in [-0.4, -0.2) is 69.2 Å². The zero-order valence-corrected chi connectivity index (χ0v) is 25.7. The fourth-order valence-corrected chi connectivity index (χ4v) is 8.87. The Morgan fingerprint density at radius 2 is 0.938 bits per heavy atom. The molecule has 2 aliphatic carbocycles. The number of aromatic nitrogens is 6. The van der Waals surface area contributed by atoms with Crippen LogP contribution in [0.15, 0.2) is 46.7 Å². The molecule has 4 aliphatic rings. The molecule has 2 fully saturated rings. The number of nitrogens with zero attached hydrogens (tertiary/aromatic N) is 6. The van der Waals surface area contributed by atoms with E-state index in [0.717, 1.165) is 21.5 Å². The minimum absolute atomic E-state index is 0.139. The van der Waals surface area contributed by atoms with E-state index in [2.05, 4.69) is 20.2 Å². The summed E-state index contributed by atoms with van der Waals surface area (Å²) in [7, 11) is -8.19. The van der Waals surface area contributed by atoms with Crippen LogP contribution in [-0.2, 0) is 19.7 Å². The van der Waals surface area contributed by atoms with Gasteiger partial charge < -0.3 is 0 Å². The van der Waals surface area contributed by atoms with Crippen LogP contribution in [0.3, 0.4) is 0 Å². The van der Waals surface area contributed by atoms with Crippen molar-refractivity contribution in [1.82, 2.24) is 29.5 Å². The quantitative estimate of drug-likeness (QED) is 0.258. The fraction of sp³-hybridized carbons (Fsp3) is 0.429. The molecule has 0 amide bonds. The van der Waals surface area contributed by atoms with Gasteiger partial charge in [-0.25, -0.2) is 61.3 Å². The van der Waals surface area contributed by atoms with E-state index in [1.54, 1.807) is 0 Å². The molecule has 20 heteroatoms. The summed E-state index contributed by atoms with van der Waals surface area (Å²) in [6.45, 7) is 0.